The third-order valence-electron chi connectivity index (χ3n) is 0.877. The van der Waals surface area contributed by atoms with E-state index in [0.717, 1.165) is 6.08 Å². The van der Waals surface area contributed by atoms with Crippen LogP contribution in [0.15, 0.2) is 11.8 Å². The Kier molecular flexibility index (Phi) is 4.70. The SMILES string of the molecule is C/C(=C\C(N)=O)NC(=O)C(Cl)Cl. The maximum Gasteiger partial charge on any atom is 0.257 e. The average molecular weight is 211 g/mol. The fourth-order valence-corrected chi connectivity index (χ4v) is 0.607. The number of carbonyl (C=O) groups excluding carboxylic acids is 2. The van der Waals surface area contributed by atoms with Gasteiger partial charge in [-0.25, -0.2) is 0 Å². The Morgan fingerprint density at radius 1 is 1.50 bits per heavy atom. The summed E-state index contributed by atoms with van der Waals surface area (Å²) in [5, 5.41) is 2.27. The van der Waals surface area contributed by atoms with Crippen LogP contribution in [-0.2, 0) is 9.59 Å². The molecular weight excluding hydrogens is 203 g/mol. The number of nitrogens with two attached hydrogens (primary N) is 1. The van der Waals surface area contributed by atoms with Gasteiger partial charge in [0.25, 0.3) is 5.91 Å². The summed E-state index contributed by atoms with van der Waals surface area (Å²) in [6.07, 6.45) is 1.06. The minimum absolute atomic E-state index is 0.304. The van der Waals surface area contributed by atoms with Crippen molar-refractivity contribution in [3.63, 3.8) is 0 Å². The first kappa shape index (κ1) is 11.3. The summed E-state index contributed by atoms with van der Waals surface area (Å²) >= 11 is 10.4. The Bertz CT molecular complexity index is 226. The second-order valence-electron chi connectivity index (χ2n) is 2.02. The summed E-state index contributed by atoms with van der Waals surface area (Å²) in [4.78, 5) is 19.9. The third-order valence-corrected chi connectivity index (χ3v) is 1.27. The molecule has 0 radical (unpaired) electrons. The van der Waals surface area contributed by atoms with Gasteiger partial charge in [0.2, 0.25) is 5.91 Å². The number of halogens is 2. The summed E-state index contributed by atoms with van der Waals surface area (Å²) < 4.78 is 0. The van der Waals surface area contributed by atoms with Crippen LogP contribution < -0.4 is 11.1 Å². The van der Waals surface area contributed by atoms with Crippen molar-refractivity contribution in [2.75, 3.05) is 0 Å². The Balaban J connectivity index is 4.09. The zero-order chi connectivity index (χ0) is 9.72. The zero-order valence-corrected chi connectivity index (χ0v) is 7.82. The summed E-state index contributed by atoms with van der Waals surface area (Å²) in [6, 6.07) is 0. The van der Waals surface area contributed by atoms with E-state index in [2.05, 4.69) is 5.32 Å². The van der Waals surface area contributed by atoms with Crippen LogP contribution in [0.3, 0.4) is 0 Å². The lowest BCUT2D eigenvalue weighted by Gasteiger charge is -2.03. The van der Waals surface area contributed by atoms with Crippen LogP contribution in [0.4, 0.5) is 0 Å². The van der Waals surface area contributed by atoms with E-state index in [-0.39, 0.29) is 0 Å². The highest BCUT2D eigenvalue weighted by Crippen LogP contribution is 2.01. The van der Waals surface area contributed by atoms with Gasteiger partial charge in [0, 0.05) is 11.8 Å². The molecule has 0 aromatic rings. The van der Waals surface area contributed by atoms with Gasteiger partial charge in [-0.2, -0.15) is 0 Å². The molecule has 12 heavy (non-hydrogen) atoms. The Morgan fingerprint density at radius 3 is 2.33 bits per heavy atom. The molecular formula is C6H8Cl2N2O2. The van der Waals surface area contributed by atoms with Gasteiger partial charge in [-0.3, -0.25) is 9.59 Å². The van der Waals surface area contributed by atoms with Gasteiger partial charge < -0.3 is 11.1 Å². The number of allylic oxidation sites excluding steroid dienone is 1. The lowest BCUT2D eigenvalue weighted by atomic mass is 10.4. The minimum atomic E-state index is -1.15. The Morgan fingerprint density at radius 2 is 2.00 bits per heavy atom. The van der Waals surface area contributed by atoms with Crippen LogP contribution >= 0.6 is 23.2 Å². The molecule has 0 aromatic heterocycles. The second-order valence-corrected chi connectivity index (χ2v) is 3.12. The molecule has 0 rings (SSSR count). The molecule has 0 heterocycles. The first-order valence-corrected chi connectivity index (χ1v) is 3.87. The molecule has 6 heteroatoms. The number of nitrogens with one attached hydrogen (secondary N) is 1. The fraction of sp³-hybridized carbons (Fsp3) is 0.333. The molecule has 0 atom stereocenters. The lowest BCUT2D eigenvalue weighted by Crippen LogP contribution is -2.27. The number of primary amides is 1. The van der Waals surface area contributed by atoms with Crippen molar-refractivity contribution in [3.05, 3.63) is 11.8 Å². The number of amides is 2. The molecule has 0 aromatic carbocycles. The van der Waals surface area contributed by atoms with Crippen molar-refractivity contribution >= 4 is 35.0 Å². The van der Waals surface area contributed by atoms with Crippen molar-refractivity contribution in [2.24, 2.45) is 5.73 Å². The van der Waals surface area contributed by atoms with Gasteiger partial charge in [-0.05, 0) is 6.92 Å². The van der Waals surface area contributed by atoms with Crippen LogP contribution in [0, 0.1) is 0 Å². The maximum absolute atomic E-state index is 10.8. The molecule has 4 nitrogen and oxygen atoms in total. The number of carbonyl (C=O) groups is 2. The highest BCUT2D eigenvalue weighted by Gasteiger charge is 2.10. The van der Waals surface area contributed by atoms with E-state index in [1.165, 1.54) is 6.92 Å². The molecule has 0 bridgehead atoms. The molecule has 0 fully saturated rings. The van der Waals surface area contributed by atoms with Crippen molar-refractivity contribution in [1.29, 1.82) is 0 Å². The molecule has 2 amide bonds. The van der Waals surface area contributed by atoms with Gasteiger partial charge in [-0.1, -0.05) is 23.2 Å². The van der Waals surface area contributed by atoms with Gasteiger partial charge >= 0.3 is 0 Å². The van der Waals surface area contributed by atoms with E-state index >= 15 is 0 Å². The predicted molar refractivity (Wildman–Crippen MR) is 46.6 cm³/mol. The topological polar surface area (TPSA) is 72.2 Å². The summed E-state index contributed by atoms with van der Waals surface area (Å²) in [5.41, 5.74) is 5.12. The van der Waals surface area contributed by atoms with Crippen LogP contribution in [0.5, 0.6) is 0 Å². The van der Waals surface area contributed by atoms with Crippen molar-refractivity contribution in [1.82, 2.24) is 5.32 Å². The normalized spacial score (nSPS) is 11.5. The fourth-order valence-electron chi connectivity index (χ4n) is 0.498. The van der Waals surface area contributed by atoms with Crippen LogP contribution in [0.1, 0.15) is 6.92 Å². The first-order valence-electron chi connectivity index (χ1n) is 3.00. The van der Waals surface area contributed by atoms with Crippen LogP contribution in [-0.4, -0.2) is 16.7 Å². The molecule has 0 spiro atoms. The van der Waals surface area contributed by atoms with E-state index in [9.17, 15) is 9.59 Å². The van der Waals surface area contributed by atoms with E-state index < -0.39 is 16.7 Å². The summed E-state index contributed by atoms with van der Waals surface area (Å²) in [5.74, 6) is -1.23. The minimum Gasteiger partial charge on any atom is -0.366 e. The monoisotopic (exact) mass is 210 g/mol. The lowest BCUT2D eigenvalue weighted by molar-refractivity contribution is -0.118. The third kappa shape index (κ3) is 4.98. The van der Waals surface area contributed by atoms with E-state index in [1.807, 2.05) is 0 Å². The van der Waals surface area contributed by atoms with E-state index in [4.69, 9.17) is 28.9 Å². The predicted octanol–water partition coefficient (Wildman–Crippen LogP) is 0.295. The maximum atomic E-state index is 10.8. The van der Waals surface area contributed by atoms with Gasteiger partial charge in [0.05, 0.1) is 0 Å². The molecule has 0 saturated heterocycles. The van der Waals surface area contributed by atoms with Crippen molar-refractivity contribution in [2.45, 2.75) is 11.8 Å². The number of rotatable bonds is 3. The average Bonchev–Trinajstić information content (AvgIpc) is 1.84. The molecule has 0 aliphatic rings. The summed E-state index contributed by atoms with van der Waals surface area (Å²) in [6.45, 7) is 1.50. The smallest absolute Gasteiger partial charge is 0.257 e. The second kappa shape index (κ2) is 5.00. The van der Waals surface area contributed by atoms with Crippen molar-refractivity contribution < 1.29 is 9.59 Å². The molecule has 0 unspecified atom stereocenters. The van der Waals surface area contributed by atoms with Gasteiger partial charge in [0.15, 0.2) is 4.84 Å². The highest BCUT2D eigenvalue weighted by molar-refractivity contribution is 6.53. The van der Waals surface area contributed by atoms with Crippen molar-refractivity contribution in [3.8, 4) is 0 Å². The molecule has 0 aliphatic carbocycles. The number of alkyl halides is 2. The molecule has 0 aliphatic heterocycles. The quantitative estimate of drug-likeness (QED) is 0.520. The zero-order valence-electron chi connectivity index (χ0n) is 6.30. The van der Waals surface area contributed by atoms with Crippen LogP contribution in [0.25, 0.3) is 0 Å². The Hall–Kier alpha value is -0.740. The largest absolute Gasteiger partial charge is 0.366 e. The Labute approximate surface area is 79.7 Å². The van der Waals surface area contributed by atoms with Crippen LogP contribution in [0.2, 0.25) is 0 Å². The molecule has 0 saturated carbocycles. The summed E-state index contributed by atoms with van der Waals surface area (Å²) in [7, 11) is 0. The molecule has 3 N–H and O–H groups in total. The number of hydrogen-bond acceptors (Lipinski definition) is 2. The van der Waals surface area contributed by atoms with E-state index in [0.29, 0.717) is 5.70 Å². The van der Waals surface area contributed by atoms with Gasteiger partial charge in [-0.15, -0.1) is 0 Å². The standard InChI is InChI=1S/C6H8Cl2N2O2/c1-3(2-4(9)11)10-6(12)5(7)8/h2,5H,1H3,(H2,9,11)(H,10,12)/b3-2+. The first-order chi connectivity index (χ1) is 5.43. The van der Waals surface area contributed by atoms with E-state index in [1.54, 1.807) is 0 Å². The van der Waals surface area contributed by atoms with Gasteiger partial charge in [0.1, 0.15) is 0 Å². The highest BCUT2D eigenvalue weighted by atomic mass is 35.5. The molecule has 68 valence electrons. The number of hydrogen-bond donors (Lipinski definition) is 2.